The number of nitro benzene ring substituents is 1. The van der Waals surface area contributed by atoms with Crippen LogP contribution in [0.5, 0.6) is 0 Å². The molecule has 0 spiro atoms. The molecule has 0 saturated carbocycles. The minimum absolute atomic E-state index is 0. The molecule has 0 aliphatic heterocycles. The van der Waals surface area contributed by atoms with Crippen molar-refractivity contribution in [1.82, 2.24) is 20.4 Å². The van der Waals surface area contributed by atoms with Crippen LogP contribution in [0.2, 0.25) is 0 Å². The Kier molecular flexibility index (Phi) is 7.45. The summed E-state index contributed by atoms with van der Waals surface area (Å²) in [5.74, 6) is 0.569. The first kappa shape index (κ1) is 18.9. The van der Waals surface area contributed by atoms with Gasteiger partial charge in [-0.25, -0.2) is 0 Å². The van der Waals surface area contributed by atoms with Crippen molar-refractivity contribution in [3.63, 3.8) is 0 Å². The summed E-state index contributed by atoms with van der Waals surface area (Å²) in [7, 11) is 3.51. The molecule has 8 nitrogen and oxygen atoms in total. The highest BCUT2D eigenvalue weighted by atomic mass is 127. The Morgan fingerprint density at radius 2 is 2.00 bits per heavy atom. The van der Waals surface area contributed by atoms with E-state index in [0.717, 1.165) is 5.69 Å². The van der Waals surface area contributed by atoms with E-state index in [9.17, 15) is 10.1 Å². The Morgan fingerprint density at radius 3 is 2.61 bits per heavy atom. The van der Waals surface area contributed by atoms with Gasteiger partial charge in [-0.2, -0.15) is 5.10 Å². The number of benzene rings is 1. The molecule has 0 radical (unpaired) electrons. The number of hydrogen-bond donors (Lipinski definition) is 2. The van der Waals surface area contributed by atoms with Crippen LogP contribution < -0.4 is 10.6 Å². The van der Waals surface area contributed by atoms with Crippen LogP contribution in [0.1, 0.15) is 11.3 Å². The van der Waals surface area contributed by atoms with Crippen molar-refractivity contribution >= 4 is 35.6 Å². The van der Waals surface area contributed by atoms with Crippen LogP contribution in [0.15, 0.2) is 41.5 Å². The number of hydrogen-bond acceptors (Lipinski definition) is 4. The normalized spacial score (nSPS) is 10.8. The van der Waals surface area contributed by atoms with E-state index < -0.39 is 0 Å². The van der Waals surface area contributed by atoms with Crippen LogP contribution >= 0.6 is 24.0 Å². The summed E-state index contributed by atoms with van der Waals surface area (Å²) >= 11 is 0. The lowest BCUT2D eigenvalue weighted by Gasteiger charge is -2.12. The predicted octanol–water partition coefficient (Wildman–Crippen LogP) is 1.81. The maximum absolute atomic E-state index is 11.0. The summed E-state index contributed by atoms with van der Waals surface area (Å²) in [5, 5.41) is 21.3. The zero-order valence-electron chi connectivity index (χ0n) is 12.9. The summed E-state index contributed by atoms with van der Waals surface area (Å²) in [6, 6.07) is 8.54. The Bertz CT molecular complexity index is 685. The lowest BCUT2D eigenvalue weighted by Crippen LogP contribution is -2.36. The smallest absolute Gasteiger partial charge is 0.274 e. The molecule has 0 atom stereocenters. The summed E-state index contributed by atoms with van der Waals surface area (Å²) in [6.07, 6.45) is 1.72. The molecule has 1 heterocycles. The number of para-hydroxylation sites is 1. The average molecular weight is 430 g/mol. The van der Waals surface area contributed by atoms with Gasteiger partial charge in [0.15, 0.2) is 5.96 Å². The second kappa shape index (κ2) is 9.08. The van der Waals surface area contributed by atoms with Gasteiger partial charge in [0.25, 0.3) is 5.69 Å². The highest BCUT2D eigenvalue weighted by molar-refractivity contribution is 14.0. The Hall–Kier alpha value is -2.17. The molecule has 2 rings (SSSR count). The molecule has 0 unspecified atom stereocenters. The SMILES string of the molecule is CN=C(NCc1ccccc1[N+](=O)[O-])NCc1ccnn1C.I. The van der Waals surface area contributed by atoms with Crippen molar-refractivity contribution in [3.05, 3.63) is 57.9 Å². The molecule has 1 aromatic heterocycles. The molecule has 0 aliphatic rings. The van der Waals surface area contributed by atoms with Crippen molar-refractivity contribution in [1.29, 1.82) is 0 Å². The van der Waals surface area contributed by atoms with Crippen molar-refractivity contribution in [2.45, 2.75) is 13.1 Å². The van der Waals surface area contributed by atoms with E-state index in [1.54, 1.807) is 36.1 Å². The van der Waals surface area contributed by atoms with E-state index in [4.69, 9.17) is 0 Å². The molecule has 0 saturated heterocycles. The number of rotatable bonds is 5. The van der Waals surface area contributed by atoms with Gasteiger partial charge in [0, 0.05) is 38.5 Å². The van der Waals surface area contributed by atoms with Gasteiger partial charge in [-0.3, -0.25) is 19.8 Å². The molecule has 0 amide bonds. The van der Waals surface area contributed by atoms with Gasteiger partial charge < -0.3 is 10.6 Å². The summed E-state index contributed by atoms with van der Waals surface area (Å²) in [4.78, 5) is 14.7. The predicted molar refractivity (Wildman–Crippen MR) is 98.8 cm³/mol. The van der Waals surface area contributed by atoms with Gasteiger partial charge >= 0.3 is 0 Å². The fourth-order valence-electron chi connectivity index (χ4n) is 1.99. The lowest BCUT2D eigenvalue weighted by molar-refractivity contribution is -0.385. The van der Waals surface area contributed by atoms with Crippen LogP contribution in [0.4, 0.5) is 5.69 Å². The topological polar surface area (TPSA) is 97.4 Å². The molecular weight excluding hydrogens is 411 g/mol. The Balaban J connectivity index is 0.00000264. The monoisotopic (exact) mass is 430 g/mol. The van der Waals surface area contributed by atoms with Gasteiger partial charge in [-0.15, -0.1) is 24.0 Å². The highest BCUT2D eigenvalue weighted by Crippen LogP contribution is 2.16. The first-order valence-electron chi connectivity index (χ1n) is 6.75. The van der Waals surface area contributed by atoms with E-state index in [1.165, 1.54) is 6.07 Å². The van der Waals surface area contributed by atoms with Crippen LogP contribution in [-0.2, 0) is 20.1 Å². The third-order valence-corrected chi connectivity index (χ3v) is 3.22. The zero-order chi connectivity index (χ0) is 15.9. The van der Waals surface area contributed by atoms with E-state index in [2.05, 4.69) is 20.7 Å². The third kappa shape index (κ3) is 5.20. The van der Waals surface area contributed by atoms with Crippen molar-refractivity contribution in [2.24, 2.45) is 12.0 Å². The second-order valence-corrected chi connectivity index (χ2v) is 4.61. The maximum Gasteiger partial charge on any atom is 0.274 e. The highest BCUT2D eigenvalue weighted by Gasteiger charge is 2.12. The fraction of sp³-hybridized carbons (Fsp3) is 0.286. The second-order valence-electron chi connectivity index (χ2n) is 4.61. The molecule has 2 aromatic rings. The van der Waals surface area contributed by atoms with Crippen molar-refractivity contribution in [2.75, 3.05) is 7.05 Å². The molecular formula is C14H19IN6O2. The number of aromatic nitrogens is 2. The van der Waals surface area contributed by atoms with Gasteiger partial charge in [0.1, 0.15) is 0 Å². The van der Waals surface area contributed by atoms with Crippen LogP contribution in [-0.4, -0.2) is 27.7 Å². The van der Waals surface area contributed by atoms with Crippen molar-refractivity contribution in [3.8, 4) is 0 Å². The minimum Gasteiger partial charge on any atom is -0.352 e. The van der Waals surface area contributed by atoms with Crippen LogP contribution in [0, 0.1) is 10.1 Å². The first-order valence-corrected chi connectivity index (χ1v) is 6.75. The van der Waals surface area contributed by atoms with Gasteiger partial charge in [-0.05, 0) is 6.07 Å². The van der Waals surface area contributed by atoms with Crippen LogP contribution in [0.25, 0.3) is 0 Å². The number of nitrogens with one attached hydrogen (secondary N) is 2. The maximum atomic E-state index is 11.0. The molecule has 23 heavy (non-hydrogen) atoms. The molecule has 0 fully saturated rings. The first-order chi connectivity index (χ1) is 10.6. The minimum atomic E-state index is -0.386. The summed E-state index contributed by atoms with van der Waals surface area (Å²) < 4.78 is 1.77. The standard InChI is InChI=1S/C14H18N6O2.HI/c1-15-14(17-10-12-7-8-18-19(12)2)16-9-11-5-3-4-6-13(11)20(21)22;/h3-8H,9-10H2,1-2H3,(H2,15,16,17);1H. The van der Waals surface area contributed by atoms with E-state index in [1.807, 2.05) is 13.1 Å². The van der Waals surface area contributed by atoms with Crippen LogP contribution in [0.3, 0.4) is 0 Å². The summed E-state index contributed by atoms with van der Waals surface area (Å²) in [5.41, 5.74) is 1.71. The van der Waals surface area contributed by atoms with Gasteiger partial charge in [0.2, 0.25) is 0 Å². The number of nitro groups is 1. The Labute approximate surface area is 151 Å². The molecule has 2 N–H and O–H groups in total. The number of halogens is 1. The van der Waals surface area contributed by atoms with Crippen molar-refractivity contribution < 1.29 is 4.92 Å². The van der Waals surface area contributed by atoms with Gasteiger partial charge in [0.05, 0.1) is 17.2 Å². The van der Waals surface area contributed by atoms with E-state index in [-0.39, 0.29) is 34.6 Å². The lowest BCUT2D eigenvalue weighted by atomic mass is 10.2. The molecule has 0 aliphatic carbocycles. The fourth-order valence-corrected chi connectivity index (χ4v) is 1.99. The quantitative estimate of drug-likeness (QED) is 0.248. The number of aryl methyl sites for hydroxylation is 1. The number of aliphatic imine (C=N–C) groups is 1. The van der Waals surface area contributed by atoms with E-state index >= 15 is 0 Å². The molecule has 0 bridgehead atoms. The van der Waals surface area contributed by atoms with Gasteiger partial charge in [-0.1, -0.05) is 18.2 Å². The number of guanidine groups is 1. The third-order valence-electron chi connectivity index (χ3n) is 3.22. The largest absolute Gasteiger partial charge is 0.352 e. The number of nitrogens with zero attached hydrogens (tertiary/aromatic N) is 4. The average Bonchev–Trinajstić information content (AvgIpc) is 2.93. The Morgan fingerprint density at radius 1 is 1.30 bits per heavy atom. The molecule has 1 aromatic carbocycles. The molecule has 9 heteroatoms. The van der Waals surface area contributed by atoms with E-state index in [0.29, 0.717) is 24.6 Å². The molecule has 124 valence electrons. The zero-order valence-corrected chi connectivity index (χ0v) is 15.2. The summed E-state index contributed by atoms with van der Waals surface area (Å²) in [6.45, 7) is 0.884.